The van der Waals surface area contributed by atoms with Gasteiger partial charge >= 0.3 is 0 Å². The van der Waals surface area contributed by atoms with Gasteiger partial charge < -0.3 is 15.8 Å². The highest BCUT2D eigenvalue weighted by Gasteiger charge is 2.16. The van der Waals surface area contributed by atoms with E-state index in [1.165, 1.54) is 0 Å². The Bertz CT molecular complexity index is 416. The monoisotopic (exact) mass is 248 g/mol. The second kappa shape index (κ2) is 6.81. The Morgan fingerprint density at radius 1 is 1.50 bits per heavy atom. The standard InChI is InChI=1S/C14H20N2O2/c1-4-9-16-14(17)11(3)18-13-8-6-5-7-12(13)10(2)15/h4-8,10-11H,1,9,15H2,2-3H3,(H,16,17)/t10-,11?/m1/s1. The summed E-state index contributed by atoms with van der Waals surface area (Å²) in [6.45, 7) is 7.56. The van der Waals surface area contributed by atoms with E-state index in [4.69, 9.17) is 10.5 Å². The first-order chi connectivity index (χ1) is 8.56. The smallest absolute Gasteiger partial charge is 0.261 e. The summed E-state index contributed by atoms with van der Waals surface area (Å²) in [5.41, 5.74) is 6.74. The molecule has 0 fully saturated rings. The van der Waals surface area contributed by atoms with E-state index >= 15 is 0 Å². The van der Waals surface area contributed by atoms with Crippen LogP contribution < -0.4 is 15.8 Å². The van der Waals surface area contributed by atoms with E-state index < -0.39 is 6.10 Å². The molecule has 1 aromatic carbocycles. The second-order valence-electron chi connectivity index (χ2n) is 4.12. The molecule has 4 nitrogen and oxygen atoms in total. The van der Waals surface area contributed by atoms with E-state index in [2.05, 4.69) is 11.9 Å². The molecule has 1 aromatic rings. The van der Waals surface area contributed by atoms with Crippen molar-refractivity contribution < 1.29 is 9.53 Å². The quantitative estimate of drug-likeness (QED) is 0.754. The van der Waals surface area contributed by atoms with Crippen LogP contribution >= 0.6 is 0 Å². The molecule has 18 heavy (non-hydrogen) atoms. The summed E-state index contributed by atoms with van der Waals surface area (Å²) in [5.74, 6) is 0.475. The molecule has 0 heterocycles. The summed E-state index contributed by atoms with van der Waals surface area (Å²) in [6, 6.07) is 7.33. The Kier molecular flexibility index (Phi) is 5.39. The van der Waals surface area contributed by atoms with Crippen LogP contribution in [0.15, 0.2) is 36.9 Å². The maximum atomic E-state index is 11.7. The van der Waals surface area contributed by atoms with Crippen LogP contribution in [-0.4, -0.2) is 18.6 Å². The van der Waals surface area contributed by atoms with Crippen molar-refractivity contribution in [1.29, 1.82) is 0 Å². The molecular formula is C14H20N2O2. The van der Waals surface area contributed by atoms with Crippen LogP contribution in [0, 0.1) is 0 Å². The third kappa shape index (κ3) is 3.89. The van der Waals surface area contributed by atoms with Gasteiger partial charge in [-0.2, -0.15) is 0 Å². The highest BCUT2D eigenvalue weighted by atomic mass is 16.5. The number of carbonyl (C=O) groups is 1. The van der Waals surface area contributed by atoms with E-state index in [0.717, 1.165) is 5.56 Å². The fourth-order valence-corrected chi connectivity index (χ4v) is 1.52. The van der Waals surface area contributed by atoms with Crippen molar-refractivity contribution in [1.82, 2.24) is 5.32 Å². The Morgan fingerprint density at radius 3 is 2.78 bits per heavy atom. The lowest BCUT2D eigenvalue weighted by Gasteiger charge is -2.18. The molecule has 0 aliphatic heterocycles. The zero-order valence-corrected chi connectivity index (χ0v) is 10.8. The minimum atomic E-state index is -0.565. The van der Waals surface area contributed by atoms with Crippen LogP contribution in [-0.2, 0) is 4.79 Å². The molecule has 3 N–H and O–H groups in total. The molecule has 1 unspecified atom stereocenters. The predicted octanol–water partition coefficient (Wildman–Crippen LogP) is 1.78. The van der Waals surface area contributed by atoms with Gasteiger partial charge in [-0.25, -0.2) is 0 Å². The summed E-state index contributed by atoms with van der Waals surface area (Å²) in [7, 11) is 0. The van der Waals surface area contributed by atoms with Crippen LogP contribution in [0.1, 0.15) is 25.5 Å². The molecule has 2 atom stereocenters. The Morgan fingerprint density at radius 2 is 2.17 bits per heavy atom. The Labute approximate surface area is 108 Å². The number of ether oxygens (including phenoxy) is 1. The number of para-hydroxylation sites is 1. The number of nitrogens with two attached hydrogens (primary N) is 1. The molecule has 0 radical (unpaired) electrons. The highest BCUT2D eigenvalue weighted by Crippen LogP contribution is 2.24. The van der Waals surface area contributed by atoms with Crippen molar-refractivity contribution in [2.24, 2.45) is 5.73 Å². The third-order valence-electron chi connectivity index (χ3n) is 2.50. The molecule has 4 heteroatoms. The van der Waals surface area contributed by atoms with Crippen molar-refractivity contribution in [2.45, 2.75) is 26.0 Å². The first kappa shape index (κ1) is 14.3. The van der Waals surface area contributed by atoms with Crippen molar-refractivity contribution in [3.05, 3.63) is 42.5 Å². The van der Waals surface area contributed by atoms with E-state index in [1.54, 1.807) is 13.0 Å². The number of rotatable bonds is 6. The Hall–Kier alpha value is -1.81. The maximum Gasteiger partial charge on any atom is 0.261 e. The minimum absolute atomic E-state index is 0.135. The first-order valence-corrected chi connectivity index (χ1v) is 5.96. The molecule has 98 valence electrons. The number of benzene rings is 1. The van der Waals surface area contributed by atoms with Gasteiger partial charge in [0.05, 0.1) is 0 Å². The summed E-state index contributed by atoms with van der Waals surface area (Å²) in [6.07, 6.45) is 1.06. The predicted molar refractivity (Wildman–Crippen MR) is 72.3 cm³/mol. The van der Waals surface area contributed by atoms with Gasteiger partial charge in [0.15, 0.2) is 6.10 Å². The van der Waals surface area contributed by atoms with E-state index in [9.17, 15) is 4.79 Å². The Balaban J connectivity index is 2.72. The number of nitrogens with one attached hydrogen (secondary N) is 1. The van der Waals surface area contributed by atoms with E-state index in [0.29, 0.717) is 12.3 Å². The lowest BCUT2D eigenvalue weighted by molar-refractivity contribution is -0.127. The molecule has 1 amide bonds. The number of hydrogen-bond donors (Lipinski definition) is 2. The maximum absolute atomic E-state index is 11.7. The van der Waals surface area contributed by atoms with Crippen LogP contribution in [0.5, 0.6) is 5.75 Å². The molecule has 0 bridgehead atoms. The van der Waals surface area contributed by atoms with Crippen molar-refractivity contribution in [2.75, 3.05) is 6.54 Å². The van der Waals surface area contributed by atoms with Gasteiger partial charge in [0.1, 0.15) is 5.75 Å². The van der Waals surface area contributed by atoms with Gasteiger partial charge in [-0.05, 0) is 19.9 Å². The van der Waals surface area contributed by atoms with Gasteiger partial charge in [-0.1, -0.05) is 24.3 Å². The van der Waals surface area contributed by atoms with Crippen LogP contribution in [0.4, 0.5) is 0 Å². The normalized spacial score (nSPS) is 13.5. The van der Waals surface area contributed by atoms with Crippen LogP contribution in [0.3, 0.4) is 0 Å². The van der Waals surface area contributed by atoms with Gasteiger partial charge in [-0.3, -0.25) is 4.79 Å². The van der Waals surface area contributed by atoms with Crippen molar-refractivity contribution in [3.63, 3.8) is 0 Å². The lowest BCUT2D eigenvalue weighted by atomic mass is 10.1. The molecular weight excluding hydrogens is 228 g/mol. The molecule has 0 saturated heterocycles. The first-order valence-electron chi connectivity index (χ1n) is 5.96. The summed E-state index contributed by atoms with van der Waals surface area (Å²) < 4.78 is 5.64. The van der Waals surface area contributed by atoms with Crippen molar-refractivity contribution in [3.8, 4) is 5.75 Å². The average molecular weight is 248 g/mol. The zero-order valence-electron chi connectivity index (χ0n) is 10.8. The van der Waals surface area contributed by atoms with E-state index in [-0.39, 0.29) is 11.9 Å². The fourth-order valence-electron chi connectivity index (χ4n) is 1.52. The molecule has 0 aromatic heterocycles. The minimum Gasteiger partial charge on any atom is -0.481 e. The van der Waals surface area contributed by atoms with Gasteiger partial charge in [-0.15, -0.1) is 6.58 Å². The fraction of sp³-hybridized carbons (Fsp3) is 0.357. The van der Waals surface area contributed by atoms with Crippen molar-refractivity contribution >= 4 is 5.91 Å². The van der Waals surface area contributed by atoms with Gasteiger partial charge in [0.2, 0.25) is 0 Å². The lowest BCUT2D eigenvalue weighted by Crippen LogP contribution is -2.36. The number of amides is 1. The second-order valence-corrected chi connectivity index (χ2v) is 4.12. The van der Waals surface area contributed by atoms with Gasteiger partial charge in [0.25, 0.3) is 5.91 Å². The summed E-state index contributed by atoms with van der Waals surface area (Å²) in [5, 5.41) is 2.69. The molecule has 0 aliphatic carbocycles. The number of hydrogen-bond acceptors (Lipinski definition) is 3. The molecule has 1 rings (SSSR count). The SMILES string of the molecule is C=CCNC(=O)C(C)Oc1ccccc1[C@@H](C)N. The average Bonchev–Trinajstić information content (AvgIpc) is 2.36. The van der Waals surface area contributed by atoms with E-state index in [1.807, 2.05) is 31.2 Å². The largest absolute Gasteiger partial charge is 0.481 e. The molecule has 0 saturated carbocycles. The third-order valence-corrected chi connectivity index (χ3v) is 2.50. The topological polar surface area (TPSA) is 64.3 Å². The molecule has 0 aliphatic rings. The molecule has 0 spiro atoms. The summed E-state index contributed by atoms with van der Waals surface area (Å²) in [4.78, 5) is 11.7. The van der Waals surface area contributed by atoms with Crippen LogP contribution in [0.25, 0.3) is 0 Å². The van der Waals surface area contributed by atoms with Gasteiger partial charge in [0, 0.05) is 18.2 Å². The number of carbonyl (C=O) groups excluding carboxylic acids is 1. The highest BCUT2D eigenvalue weighted by molar-refractivity contribution is 5.80. The van der Waals surface area contributed by atoms with Crippen LogP contribution in [0.2, 0.25) is 0 Å². The zero-order chi connectivity index (χ0) is 13.5. The summed E-state index contributed by atoms with van der Waals surface area (Å²) >= 11 is 0.